The molecule has 0 spiro atoms. The fraction of sp³-hybridized carbons (Fsp3) is 0.846. The molecule has 0 bridgehead atoms. The van der Waals surface area contributed by atoms with E-state index in [1.807, 2.05) is 0 Å². The normalized spacial score (nSPS) is 22.3. The lowest BCUT2D eigenvalue weighted by atomic mass is 10.1. The topological polar surface area (TPSA) is 70.7 Å². The first-order chi connectivity index (χ1) is 9.75. The van der Waals surface area contributed by atoms with E-state index in [9.17, 15) is 9.59 Å². The number of rotatable bonds is 5. The highest BCUT2D eigenvalue weighted by atomic mass is 35.5. The summed E-state index contributed by atoms with van der Waals surface area (Å²) in [5, 5.41) is 6.27. The third kappa shape index (κ3) is 6.86. The molecule has 0 aromatic rings. The van der Waals surface area contributed by atoms with E-state index in [2.05, 4.69) is 10.6 Å². The molecule has 0 aromatic heterocycles. The van der Waals surface area contributed by atoms with Gasteiger partial charge in [0, 0.05) is 25.7 Å². The number of carbonyl (C=O) groups is 2. The third-order valence-electron chi connectivity index (χ3n) is 3.48. The van der Waals surface area contributed by atoms with Gasteiger partial charge in [-0.05, 0) is 19.4 Å². The van der Waals surface area contributed by atoms with Gasteiger partial charge >= 0.3 is 0 Å². The molecule has 1 unspecified atom stereocenters. The number of carbonyl (C=O) groups excluding carboxylic acids is 2. The number of ether oxygens (including phenoxy) is 1. The van der Waals surface area contributed by atoms with Crippen LogP contribution < -0.4 is 10.6 Å². The summed E-state index contributed by atoms with van der Waals surface area (Å²) in [7, 11) is 0. The van der Waals surface area contributed by atoms with Crippen molar-refractivity contribution in [3.63, 3.8) is 0 Å². The second-order valence-electron chi connectivity index (χ2n) is 5.10. The smallest absolute Gasteiger partial charge is 0.232 e. The number of hydrogen-bond acceptors (Lipinski definition) is 5. The van der Waals surface area contributed by atoms with Crippen molar-refractivity contribution < 1.29 is 14.3 Å². The van der Waals surface area contributed by atoms with Crippen LogP contribution in [0.3, 0.4) is 0 Å². The van der Waals surface area contributed by atoms with Gasteiger partial charge < -0.3 is 20.3 Å². The minimum Gasteiger partial charge on any atom is -0.378 e. The third-order valence-corrected chi connectivity index (χ3v) is 4.40. The van der Waals surface area contributed by atoms with E-state index in [0.29, 0.717) is 37.8 Å². The lowest BCUT2D eigenvalue weighted by molar-refractivity contribution is -0.132. The molecule has 8 heteroatoms. The van der Waals surface area contributed by atoms with Crippen LogP contribution in [-0.4, -0.2) is 73.7 Å². The van der Waals surface area contributed by atoms with Crippen LogP contribution in [0.2, 0.25) is 0 Å². The maximum absolute atomic E-state index is 11.9. The molecule has 0 aromatic carbocycles. The highest BCUT2D eigenvalue weighted by Crippen LogP contribution is 2.06. The Morgan fingerprint density at radius 3 is 2.71 bits per heavy atom. The van der Waals surface area contributed by atoms with Crippen LogP contribution in [0.5, 0.6) is 0 Å². The van der Waals surface area contributed by atoms with Crippen LogP contribution >= 0.6 is 24.2 Å². The van der Waals surface area contributed by atoms with Gasteiger partial charge in [0.1, 0.15) is 0 Å². The predicted molar refractivity (Wildman–Crippen MR) is 86.0 cm³/mol. The summed E-state index contributed by atoms with van der Waals surface area (Å²) in [5.74, 6) is 0.854. The Balaban J connectivity index is 0.00000220. The zero-order valence-electron chi connectivity index (χ0n) is 12.1. The molecule has 2 rings (SSSR count). The Hall–Kier alpha value is -0.500. The van der Waals surface area contributed by atoms with E-state index < -0.39 is 0 Å². The molecule has 0 aliphatic carbocycles. The van der Waals surface area contributed by atoms with Crippen molar-refractivity contribution in [1.29, 1.82) is 0 Å². The first-order valence-electron chi connectivity index (χ1n) is 7.19. The summed E-state index contributed by atoms with van der Waals surface area (Å²) in [4.78, 5) is 25.4. The van der Waals surface area contributed by atoms with Gasteiger partial charge in [0.15, 0.2) is 0 Å². The molecular weight excluding hydrogens is 314 g/mol. The van der Waals surface area contributed by atoms with Crippen LogP contribution in [-0.2, 0) is 14.3 Å². The molecule has 2 N–H and O–H groups in total. The van der Waals surface area contributed by atoms with E-state index in [4.69, 9.17) is 4.74 Å². The molecule has 2 fully saturated rings. The van der Waals surface area contributed by atoms with E-state index >= 15 is 0 Å². The summed E-state index contributed by atoms with van der Waals surface area (Å²) in [6.07, 6.45) is 2.14. The number of thioether (sulfide) groups is 1. The highest BCUT2D eigenvalue weighted by Gasteiger charge is 2.18. The first kappa shape index (κ1) is 18.5. The molecular formula is C13H24ClN3O3S. The number of piperidine rings is 1. The van der Waals surface area contributed by atoms with Crippen LogP contribution in [0.4, 0.5) is 0 Å². The van der Waals surface area contributed by atoms with Gasteiger partial charge in [0.25, 0.3) is 0 Å². The lowest BCUT2D eigenvalue weighted by Gasteiger charge is -2.26. The molecule has 2 saturated heterocycles. The number of nitrogens with one attached hydrogen (secondary N) is 2. The van der Waals surface area contributed by atoms with Crippen molar-refractivity contribution in [2.24, 2.45) is 0 Å². The standard InChI is InChI=1S/C13H23N3O3S.ClH/c17-12(15-11-2-1-3-14-8-11)9-20-10-13(18)16-4-6-19-7-5-16;/h11,14H,1-10H2,(H,15,17);1H. The fourth-order valence-electron chi connectivity index (χ4n) is 2.38. The van der Waals surface area contributed by atoms with Crippen molar-refractivity contribution in [3.8, 4) is 0 Å². The van der Waals surface area contributed by atoms with Crippen LogP contribution in [0.15, 0.2) is 0 Å². The minimum atomic E-state index is 0. The fourth-order valence-corrected chi connectivity index (χ4v) is 3.11. The van der Waals surface area contributed by atoms with Gasteiger partial charge in [-0.3, -0.25) is 9.59 Å². The quantitative estimate of drug-likeness (QED) is 0.731. The van der Waals surface area contributed by atoms with Gasteiger partial charge in [0.05, 0.1) is 24.7 Å². The number of nitrogens with zero attached hydrogens (tertiary/aromatic N) is 1. The zero-order chi connectivity index (χ0) is 14.2. The Morgan fingerprint density at radius 2 is 2.05 bits per heavy atom. The number of morpholine rings is 1. The van der Waals surface area contributed by atoms with Gasteiger partial charge in [0.2, 0.25) is 11.8 Å². The summed E-state index contributed by atoms with van der Waals surface area (Å²) < 4.78 is 5.21. The van der Waals surface area contributed by atoms with E-state index in [0.717, 1.165) is 25.9 Å². The number of halogens is 1. The monoisotopic (exact) mass is 337 g/mol. The Kier molecular flexibility index (Phi) is 9.07. The summed E-state index contributed by atoms with van der Waals surface area (Å²) in [6.45, 7) is 4.45. The maximum Gasteiger partial charge on any atom is 0.232 e. The van der Waals surface area contributed by atoms with Gasteiger partial charge in [-0.1, -0.05) is 0 Å². The molecule has 2 aliphatic rings. The van der Waals surface area contributed by atoms with Gasteiger partial charge in [-0.25, -0.2) is 0 Å². The molecule has 1 atom stereocenters. The van der Waals surface area contributed by atoms with Crippen molar-refractivity contribution in [2.45, 2.75) is 18.9 Å². The van der Waals surface area contributed by atoms with Crippen molar-refractivity contribution in [1.82, 2.24) is 15.5 Å². The maximum atomic E-state index is 11.9. The summed E-state index contributed by atoms with van der Waals surface area (Å²) in [6, 6.07) is 0.242. The molecule has 2 heterocycles. The van der Waals surface area contributed by atoms with E-state index in [1.54, 1.807) is 4.90 Å². The average molecular weight is 338 g/mol. The lowest BCUT2D eigenvalue weighted by Crippen LogP contribution is -2.46. The molecule has 122 valence electrons. The molecule has 2 aliphatic heterocycles. The molecule has 2 amide bonds. The van der Waals surface area contributed by atoms with Crippen LogP contribution in [0, 0.1) is 0 Å². The van der Waals surface area contributed by atoms with Crippen LogP contribution in [0.25, 0.3) is 0 Å². The molecule has 0 saturated carbocycles. The van der Waals surface area contributed by atoms with E-state index in [1.165, 1.54) is 11.8 Å². The minimum absolute atomic E-state index is 0. The second-order valence-corrected chi connectivity index (χ2v) is 6.08. The Morgan fingerprint density at radius 1 is 1.29 bits per heavy atom. The molecule has 0 radical (unpaired) electrons. The Bertz CT molecular complexity index is 335. The SMILES string of the molecule is Cl.O=C(CSCC(=O)N1CCOCC1)NC1CCCNC1. The Labute approximate surface area is 136 Å². The van der Waals surface area contributed by atoms with Crippen LogP contribution in [0.1, 0.15) is 12.8 Å². The van der Waals surface area contributed by atoms with Crippen molar-refractivity contribution in [2.75, 3.05) is 50.9 Å². The second kappa shape index (κ2) is 10.3. The number of amides is 2. The number of hydrogen-bond donors (Lipinski definition) is 2. The molecule has 21 heavy (non-hydrogen) atoms. The van der Waals surface area contributed by atoms with Crippen molar-refractivity contribution >= 4 is 36.0 Å². The largest absolute Gasteiger partial charge is 0.378 e. The van der Waals surface area contributed by atoms with Crippen molar-refractivity contribution in [3.05, 3.63) is 0 Å². The van der Waals surface area contributed by atoms with E-state index in [-0.39, 0.29) is 30.3 Å². The summed E-state index contributed by atoms with van der Waals surface area (Å²) >= 11 is 1.39. The predicted octanol–water partition coefficient (Wildman–Crippen LogP) is -0.132. The average Bonchev–Trinajstić information content (AvgIpc) is 2.49. The summed E-state index contributed by atoms with van der Waals surface area (Å²) in [5.41, 5.74) is 0. The molecule has 6 nitrogen and oxygen atoms in total. The van der Waals surface area contributed by atoms with Gasteiger partial charge in [-0.2, -0.15) is 0 Å². The highest BCUT2D eigenvalue weighted by molar-refractivity contribution is 8.00. The first-order valence-corrected chi connectivity index (χ1v) is 8.34. The zero-order valence-corrected chi connectivity index (χ0v) is 13.8. The van der Waals surface area contributed by atoms with Gasteiger partial charge in [-0.15, -0.1) is 24.2 Å².